The normalized spacial score (nSPS) is 22.1. The summed E-state index contributed by atoms with van der Waals surface area (Å²) in [6.07, 6.45) is -1.47. The first-order valence-electron chi connectivity index (χ1n) is 3.72. The minimum atomic E-state index is -4.37. The second-order valence-corrected chi connectivity index (χ2v) is 4.90. The maximum Gasteiger partial charge on any atom is 0.432 e. The molecule has 0 spiro atoms. The van der Waals surface area contributed by atoms with E-state index in [1.807, 2.05) is 0 Å². The van der Waals surface area contributed by atoms with Gasteiger partial charge in [0.25, 0.3) is 5.91 Å². The van der Waals surface area contributed by atoms with Gasteiger partial charge < -0.3 is 4.74 Å². The number of rotatable bonds is 1. The van der Waals surface area contributed by atoms with Crippen LogP contribution in [0.25, 0.3) is 0 Å². The third-order valence-electron chi connectivity index (χ3n) is 1.59. The minimum Gasteiger partial charge on any atom is -0.442 e. The summed E-state index contributed by atoms with van der Waals surface area (Å²) in [5.41, 5.74) is -0.991. The quantitative estimate of drug-likeness (QED) is 0.633. The van der Waals surface area contributed by atoms with Crippen LogP contribution in [0.2, 0.25) is 0 Å². The van der Waals surface area contributed by atoms with Crippen LogP contribution in [-0.2, 0) is 19.7 Å². The molecule has 0 radical (unpaired) electrons. The van der Waals surface area contributed by atoms with Gasteiger partial charge in [-0.25, -0.2) is 9.93 Å². The van der Waals surface area contributed by atoms with E-state index in [1.54, 1.807) is 0 Å². The number of hydrogen-bond acceptors (Lipinski definition) is 5. The van der Waals surface area contributed by atoms with Crippen LogP contribution < -0.4 is 5.14 Å². The van der Waals surface area contributed by atoms with Crippen molar-refractivity contribution < 1.29 is 22.7 Å². The molecule has 1 aliphatic heterocycles. The van der Waals surface area contributed by atoms with Crippen molar-refractivity contribution in [3.05, 3.63) is 0 Å². The molecule has 1 fully saturated rings. The highest BCUT2D eigenvalue weighted by Gasteiger charge is 2.44. The number of amides is 2. The molecule has 0 aromatic carbocycles. The molecule has 8 heteroatoms. The predicted octanol–water partition coefficient (Wildman–Crippen LogP) is -0.663. The zero-order valence-electron chi connectivity index (χ0n) is 7.68. The molecule has 2 N–H and O–H groups in total. The van der Waals surface area contributed by atoms with Gasteiger partial charge in [0, 0.05) is 0 Å². The molecule has 1 rings (SSSR count). The molecule has 7 nitrogen and oxygen atoms in total. The van der Waals surface area contributed by atoms with Gasteiger partial charge in [0.1, 0.15) is 5.60 Å². The summed E-state index contributed by atoms with van der Waals surface area (Å²) >= 11 is 0. The lowest BCUT2D eigenvalue weighted by Crippen LogP contribution is -2.54. The van der Waals surface area contributed by atoms with Crippen molar-refractivity contribution in [3.8, 4) is 0 Å². The van der Waals surface area contributed by atoms with E-state index < -0.39 is 27.8 Å². The Kier molecular flexibility index (Phi) is 2.28. The molecule has 1 saturated heterocycles. The molecule has 1 heterocycles. The lowest BCUT2D eigenvalue weighted by atomic mass is 10.0. The van der Waals surface area contributed by atoms with Gasteiger partial charge in [-0.15, -0.1) is 4.31 Å². The summed E-state index contributed by atoms with van der Waals surface area (Å²) in [5.74, 6) is -0.881. The zero-order valence-corrected chi connectivity index (χ0v) is 8.50. The summed E-state index contributed by atoms with van der Waals surface area (Å²) in [5, 5.41) is 4.66. The van der Waals surface area contributed by atoms with Crippen LogP contribution in [0.5, 0.6) is 0 Å². The molecule has 0 bridgehead atoms. The highest BCUT2D eigenvalue weighted by atomic mass is 32.2. The first-order valence-corrected chi connectivity index (χ1v) is 5.23. The topological polar surface area (TPSA) is 107 Å². The molecular formula is C6H10N2O5S. The number of imide groups is 1. The Morgan fingerprint density at radius 3 is 2.29 bits per heavy atom. The number of nitrogens with zero attached hydrogens (tertiary/aromatic N) is 1. The fraction of sp³-hybridized carbons (Fsp3) is 0.667. The smallest absolute Gasteiger partial charge is 0.432 e. The van der Waals surface area contributed by atoms with Crippen LogP contribution in [-0.4, -0.2) is 30.3 Å². The van der Waals surface area contributed by atoms with Crippen LogP contribution in [0, 0.1) is 0 Å². The zero-order chi connectivity index (χ0) is 11.1. The molecule has 0 aromatic rings. The third kappa shape index (κ3) is 2.02. The van der Waals surface area contributed by atoms with Crippen molar-refractivity contribution in [2.45, 2.75) is 25.9 Å². The van der Waals surface area contributed by atoms with Crippen molar-refractivity contribution in [3.63, 3.8) is 0 Å². The number of nitrogens with two attached hydrogens (primary N) is 1. The largest absolute Gasteiger partial charge is 0.442 e. The highest BCUT2D eigenvalue weighted by Crippen LogP contribution is 2.24. The van der Waals surface area contributed by atoms with Gasteiger partial charge in [0.2, 0.25) is 0 Å². The van der Waals surface area contributed by atoms with Gasteiger partial charge in [0.15, 0.2) is 0 Å². The Labute approximate surface area is 81.0 Å². The Morgan fingerprint density at radius 2 is 1.93 bits per heavy atom. The SMILES string of the molecule is CC1(C)CC(=O)N(S(N)(=O)=O)C(=O)O1. The van der Waals surface area contributed by atoms with Crippen molar-refractivity contribution in [1.29, 1.82) is 0 Å². The van der Waals surface area contributed by atoms with E-state index in [-0.39, 0.29) is 10.7 Å². The number of carbonyl (C=O) groups is 2. The number of ether oxygens (including phenoxy) is 1. The van der Waals surface area contributed by atoms with Crippen LogP contribution in [0.3, 0.4) is 0 Å². The fourth-order valence-electron chi connectivity index (χ4n) is 1.10. The highest BCUT2D eigenvalue weighted by molar-refractivity contribution is 7.87. The van der Waals surface area contributed by atoms with Gasteiger partial charge in [0.05, 0.1) is 6.42 Å². The van der Waals surface area contributed by atoms with E-state index in [9.17, 15) is 18.0 Å². The summed E-state index contributed by atoms with van der Waals surface area (Å²) in [6.45, 7) is 3.01. The Balaban J connectivity index is 3.05. The molecule has 0 aliphatic carbocycles. The van der Waals surface area contributed by atoms with E-state index in [2.05, 4.69) is 5.14 Å². The van der Waals surface area contributed by atoms with Gasteiger partial charge in [-0.3, -0.25) is 4.79 Å². The van der Waals surface area contributed by atoms with Crippen LogP contribution >= 0.6 is 0 Å². The third-order valence-corrected chi connectivity index (χ3v) is 2.45. The van der Waals surface area contributed by atoms with E-state index in [4.69, 9.17) is 4.74 Å². The molecular weight excluding hydrogens is 212 g/mol. The number of cyclic esters (lactones) is 1. The monoisotopic (exact) mass is 222 g/mol. The summed E-state index contributed by atoms with van der Waals surface area (Å²) in [6, 6.07) is 0. The van der Waals surface area contributed by atoms with Crippen molar-refractivity contribution in [2.75, 3.05) is 0 Å². The van der Waals surface area contributed by atoms with E-state index in [0.717, 1.165) is 0 Å². The van der Waals surface area contributed by atoms with E-state index in [1.165, 1.54) is 13.8 Å². The van der Waals surface area contributed by atoms with E-state index >= 15 is 0 Å². The molecule has 14 heavy (non-hydrogen) atoms. The van der Waals surface area contributed by atoms with Crippen molar-refractivity contribution in [2.24, 2.45) is 5.14 Å². The molecule has 0 unspecified atom stereocenters. The Bertz CT molecular complexity index is 365. The van der Waals surface area contributed by atoms with Gasteiger partial charge in [-0.2, -0.15) is 8.42 Å². The van der Waals surface area contributed by atoms with E-state index in [0.29, 0.717) is 0 Å². The maximum absolute atomic E-state index is 11.2. The molecule has 0 atom stereocenters. The number of carbonyl (C=O) groups excluding carboxylic acids is 2. The molecule has 0 saturated carbocycles. The van der Waals surface area contributed by atoms with Gasteiger partial charge in [-0.1, -0.05) is 0 Å². The van der Waals surface area contributed by atoms with Gasteiger partial charge >= 0.3 is 16.3 Å². The first kappa shape index (κ1) is 10.9. The second-order valence-electron chi connectivity index (χ2n) is 3.51. The molecule has 80 valence electrons. The minimum absolute atomic E-state index is 0.0712. The predicted molar refractivity (Wildman–Crippen MR) is 45.1 cm³/mol. The summed E-state index contributed by atoms with van der Waals surface area (Å²) in [7, 11) is -4.37. The lowest BCUT2D eigenvalue weighted by Gasteiger charge is -2.33. The van der Waals surface area contributed by atoms with Crippen molar-refractivity contribution >= 4 is 22.2 Å². The lowest BCUT2D eigenvalue weighted by molar-refractivity contribution is -0.135. The molecule has 1 aliphatic rings. The summed E-state index contributed by atoms with van der Waals surface area (Å²) < 4.78 is 26.2. The summed E-state index contributed by atoms with van der Waals surface area (Å²) in [4.78, 5) is 22.3. The maximum atomic E-state index is 11.2. The molecule has 2 amide bonds. The van der Waals surface area contributed by atoms with Crippen molar-refractivity contribution in [1.82, 2.24) is 4.31 Å². The van der Waals surface area contributed by atoms with Crippen LogP contribution in [0.4, 0.5) is 4.79 Å². The first-order chi connectivity index (χ1) is 6.13. The fourth-order valence-corrected chi connectivity index (χ4v) is 1.69. The second kappa shape index (κ2) is 2.92. The Hall–Kier alpha value is -1.15. The Morgan fingerprint density at radius 1 is 1.43 bits per heavy atom. The van der Waals surface area contributed by atoms with Crippen LogP contribution in [0.15, 0.2) is 0 Å². The van der Waals surface area contributed by atoms with Crippen LogP contribution in [0.1, 0.15) is 20.3 Å². The average molecular weight is 222 g/mol. The average Bonchev–Trinajstić information content (AvgIpc) is 1.75. The number of hydrogen-bond donors (Lipinski definition) is 1. The van der Waals surface area contributed by atoms with Gasteiger partial charge in [-0.05, 0) is 13.8 Å². The molecule has 0 aromatic heterocycles. The standard InChI is InChI=1S/C6H10N2O5S/c1-6(2)3-4(9)8(5(10)13-6)14(7,11)12/h3H2,1-2H3,(H2,7,11,12).